The molecule has 1 aliphatic carbocycles. The topological polar surface area (TPSA) is 29.5 Å². The molecule has 10 aromatic rings. The molecule has 8 aromatic carbocycles. The highest BCUT2D eigenvalue weighted by molar-refractivity contribution is 6.27. The second kappa shape index (κ2) is 10.7. The molecular weight excluding hydrogens is 635 g/mol. The van der Waals surface area contributed by atoms with E-state index in [9.17, 15) is 0 Å². The van der Waals surface area contributed by atoms with E-state index < -0.39 is 0 Å². The lowest BCUT2D eigenvalue weighted by molar-refractivity contribution is 0.660. The molecule has 52 heavy (non-hydrogen) atoms. The Balaban J connectivity index is 1.26. The van der Waals surface area contributed by atoms with Crippen molar-refractivity contribution in [3.63, 3.8) is 0 Å². The highest BCUT2D eigenvalue weighted by Crippen LogP contribution is 2.53. The zero-order valence-corrected chi connectivity index (χ0v) is 28.9. The summed E-state index contributed by atoms with van der Waals surface area (Å²) in [4.78, 5) is 2.40. The summed E-state index contributed by atoms with van der Waals surface area (Å²) in [6.45, 7) is 4.69. The Labute approximate surface area is 301 Å². The molecule has 0 amide bonds. The number of fused-ring (bicyclic) bond motifs is 11. The highest BCUT2D eigenvalue weighted by Gasteiger charge is 2.36. The van der Waals surface area contributed by atoms with E-state index in [1.807, 2.05) is 18.2 Å². The van der Waals surface area contributed by atoms with Gasteiger partial charge in [0.15, 0.2) is 5.58 Å². The molecule has 11 rings (SSSR count). The Bertz CT molecular complexity index is 3050. The van der Waals surface area contributed by atoms with Crippen molar-refractivity contribution in [2.24, 2.45) is 0 Å². The second-order valence-corrected chi connectivity index (χ2v) is 14.5. The smallest absolute Gasteiger partial charge is 0.160 e. The predicted molar refractivity (Wildman–Crippen MR) is 216 cm³/mol. The van der Waals surface area contributed by atoms with Crippen LogP contribution in [0.3, 0.4) is 0 Å². The second-order valence-electron chi connectivity index (χ2n) is 14.5. The molecule has 0 spiro atoms. The Hall–Kier alpha value is -6.58. The molecule has 0 saturated heterocycles. The van der Waals surface area contributed by atoms with Crippen LogP contribution in [0, 0.1) is 0 Å². The zero-order chi connectivity index (χ0) is 34.6. The normalized spacial score (nSPS) is 13.3. The highest BCUT2D eigenvalue weighted by atomic mass is 16.3. The van der Waals surface area contributed by atoms with Gasteiger partial charge in [-0.1, -0.05) is 123 Å². The molecule has 0 saturated carbocycles. The van der Waals surface area contributed by atoms with E-state index in [0.717, 1.165) is 72.1 Å². The van der Waals surface area contributed by atoms with Crippen LogP contribution in [0.5, 0.6) is 0 Å². The van der Waals surface area contributed by atoms with Crippen molar-refractivity contribution in [3.05, 3.63) is 175 Å². The van der Waals surface area contributed by atoms with Crippen LogP contribution in [0.4, 0.5) is 17.1 Å². The predicted octanol–water partition coefficient (Wildman–Crippen LogP) is 14.1. The standard InChI is InChI=1S/C49H33NO2/c1-49(2)40-18-10-8-16-36(40)37-23-22-34(29-41(37)49)50(33-14-4-3-5-15-33)47-35(32-21-20-30-12-6-7-13-31(30)28-32)24-25-39-46-44(52-48(39)47)27-26-43-45(46)38-17-9-11-19-42(38)51-43/h3-29H,1-2H3. The molecule has 246 valence electrons. The number of benzene rings is 8. The van der Waals surface area contributed by atoms with E-state index in [1.165, 1.54) is 33.0 Å². The van der Waals surface area contributed by atoms with Crippen LogP contribution in [0.15, 0.2) is 173 Å². The number of rotatable bonds is 4. The van der Waals surface area contributed by atoms with Crippen molar-refractivity contribution < 1.29 is 8.83 Å². The number of furan rings is 2. The minimum absolute atomic E-state index is 0.148. The van der Waals surface area contributed by atoms with Gasteiger partial charge < -0.3 is 13.7 Å². The Morgan fingerprint density at radius 2 is 1.13 bits per heavy atom. The van der Waals surface area contributed by atoms with Gasteiger partial charge in [0.05, 0.1) is 5.69 Å². The van der Waals surface area contributed by atoms with E-state index in [-0.39, 0.29) is 5.41 Å². The minimum Gasteiger partial charge on any atom is -0.456 e. The van der Waals surface area contributed by atoms with Crippen molar-refractivity contribution in [1.82, 2.24) is 0 Å². The van der Waals surface area contributed by atoms with Gasteiger partial charge in [0, 0.05) is 43.9 Å². The van der Waals surface area contributed by atoms with Crippen LogP contribution in [0.25, 0.3) is 76.9 Å². The van der Waals surface area contributed by atoms with Crippen molar-refractivity contribution in [3.8, 4) is 22.3 Å². The van der Waals surface area contributed by atoms with Crippen LogP contribution in [0.2, 0.25) is 0 Å². The Morgan fingerprint density at radius 1 is 0.442 bits per heavy atom. The lowest BCUT2D eigenvalue weighted by atomic mass is 9.82. The fraction of sp³-hybridized carbons (Fsp3) is 0.0612. The van der Waals surface area contributed by atoms with Gasteiger partial charge in [-0.05, 0) is 93.2 Å². The Morgan fingerprint density at radius 3 is 2.02 bits per heavy atom. The van der Waals surface area contributed by atoms with E-state index in [4.69, 9.17) is 8.83 Å². The van der Waals surface area contributed by atoms with Crippen LogP contribution in [0.1, 0.15) is 25.0 Å². The lowest BCUT2D eigenvalue weighted by Gasteiger charge is -2.30. The number of hydrogen-bond acceptors (Lipinski definition) is 3. The van der Waals surface area contributed by atoms with Crippen LogP contribution < -0.4 is 4.90 Å². The summed E-state index contributed by atoms with van der Waals surface area (Å²) in [5.74, 6) is 0. The zero-order valence-electron chi connectivity index (χ0n) is 28.9. The molecule has 0 aliphatic heterocycles. The average Bonchev–Trinajstić information content (AvgIpc) is 3.83. The van der Waals surface area contributed by atoms with Gasteiger partial charge in [0.1, 0.15) is 16.7 Å². The molecule has 1 aliphatic rings. The maximum absolute atomic E-state index is 7.08. The molecule has 3 heteroatoms. The third-order valence-electron chi connectivity index (χ3n) is 11.2. The summed E-state index contributed by atoms with van der Waals surface area (Å²) in [6.07, 6.45) is 0. The molecule has 0 unspecified atom stereocenters. The van der Waals surface area contributed by atoms with Crippen molar-refractivity contribution in [1.29, 1.82) is 0 Å². The summed E-state index contributed by atoms with van der Waals surface area (Å²) < 4.78 is 13.5. The van der Waals surface area contributed by atoms with Crippen molar-refractivity contribution in [2.75, 3.05) is 4.90 Å². The maximum atomic E-state index is 7.08. The average molecular weight is 668 g/mol. The van der Waals surface area contributed by atoms with Gasteiger partial charge in [-0.25, -0.2) is 0 Å². The number of anilines is 3. The fourth-order valence-corrected chi connectivity index (χ4v) is 8.76. The van der Waals surface area contributed by atoms with E-state index in [1.54, 1.807) is 0 Å². The van der Waals surface area contributed by atoms with Gasteiger partial charge in [-0.2, -0.15) is 0 Å². The van der Waals surface area contributed by atoms with Gasteiger partial charge in [0.25, 0.3) is 0 Å². The van der Waals surface area contributed by atoms with E-state index >= 15 is 0 Å². The quantitative estimate of drug-likeness (QED) is 0.187. The van der Waals surface area contributed by atoms with Crippen LogP contribution >= 0.6 is 0 Å². The third kappa shape index (κ3) is 4.08. The van der Waals surface area contributed by atoms with Crippen molar-refractivity contribution >= 4 is 71.7 Å². The minimum atomic E-state index is -0.148. The first-order valence-electron chi connectivity index (χ1n) is 17.9. The van der Waals surface area contributed by atoms with Gasteiger partial charge in [-0.15, -0.1) is 0 Å². The molecule has 0 atom stereocenters. The van der Waals surface area contributed by atoms with Gasteiger partial charge >= 0.3 is 0 Å². The van der Waals surface area contributed by atoms with Crippen LogP contribution in [-0.2, 0) is 5.41 Å². The van der Waals surface area contributed by atoms with Crippen LogP contribution in [-0.4, -0.2) is 0 Å². The third-order valence-corrected chi connectivity index (χ3v) is 11.2. The monoisotopic (exact) mass is 667 g/mol. The first-order valence-corrected chi connectivity index (χ1v) is 17.9. The fourth-order valence-electron chi connectivity index (χ4n) is 8.76. The molecular formula is C49H33NO2. The van der Waals surface area contributed by atoms with E-state index in [2.05, 4.69) is 164 Å². The first-order chi connectivity index (χ1) is 25.5. The number of nitrogens with zero attached hydrogens (tertiary/aromatic N) is 1. The summed E-state index contributed by atoms with van der Waals surface area (Å²) in [7, 11) is 0. The summed E-state index contributed by atoms with van der Waals surface area (Å²) >= 11 is 0. The number of para-hydroxylation sites is 2. The molecule has 0 bridgehead atoms. The first kappa shape index (κ1) is 29.2. The molecule has 2 aromatic heterocycles. The summed E-state index contributed by atoms with van der Waals surface area (Å²) in [5, 5.41) is 6.72. The van der Waals surface area contributed by atoms with Gasteiger partial charge in [0.2, 0.25) is 0 Å². The maximum Gasteiger partial charge on any atom is 0.160 e. The summed E-state index contributed by atoms with van der Waals surface area (Å²) in [5.41, 5.74) is 13.9. The molecule has 3 nitrogen and oxygen atoms in total. The molecule has 0 N–H and O–H groups in total. The molecule has 2 heterocycles. The largest absolute Gasteiger partial charge is 0.456 e. The SMILES string of the molecule is CC1(C)c2ccccc2-c2ccc(N(c3ccccc3)c3c(-c4ccc5ccccc5c4)ccc4c3oc3ccc5oc6ccccc6c5c34)cc21. The molecule has 0 radical (unpaired) electrons. The van der Waals surface area contributed by atoms with Gasteiger partial charge in [-0.3, -0.25) is 0 Å². The summed E-state index contributed by atoms with van der Waals surface area (Å²) in [6, 6.07) is 58.7. The van der Waals surface area contributed by atoms with E-state index in [0.29, 0.717) is 0 Å². The molecule has 0 fully saturated rings. The van der Waals surface area contributed by atoms with Crippen molar-refractivity contribution in [2.45, 2.75) is 19.3 Å². The lowest BCUT2D eigenvalue weighted by Crippen LogP contribution is -2.17. The Kier molecular flexibility index (Phi) is 6.01. The number of hydrogen-bond donors (Lipinski definition) is 0.